The molecule has 0 saturated carbocycles. The number of aryl methyl sites for hydroxylation is 2. The fraction of sp³-hybridized carbons (Fsp3) is 0.526. The van der Waals surface area contributed by atoms with Crippen molar-refractivity contribution in [3.05, 3.63) is 39.9 Å². The van der Waals surface area contributed by atoms with Crippen LogP contribution in [0.4, 0.5) is 0 Å². The summed E-state index contributed by atoms with van der Waals surface area (Å²) in [6, 6.07) is 3.69. The molecule has 1 aromatic carbocycles. The van der Waals surface area contributed by atoms with Crippen LogP contribution in [0.3, 0.4) is 0 Å². The second kappa shape index (κ2) is 8.75. The van der Waals surface area contributed by atoms with Crippen LogP contribution in [0.5, 0.6) is 0 Å². The van der Waals surface area contributed by atoms with E-state index in [2.05, 4.69) is 10.3 Å². The minimum absolute atomic E-state index is 0. The lowest BCUT2D eigenvalue weighted by Crippen LogP contribution is -2.46. The van der Waals surface area contributed by atoms with Crippen LogP contribution in [-0.4, -0.2) is 39.1 Å². The topological polar surface area (TPSA) is 84.2 Å². The average molecular weight is 380 g/mol. The smallest absolute Gasteiger partial charge is 0.261 e. The molecule has 1 fully saturated rings. The van der Waals surface area contributed by atoms with Gasteiger partial charge in [-0.05, 0) is 49.9 Å². The van der Waals surface area contributed by atoms with Crippen molar-refractivity contribution < 1.29 is 9.90 Å². The molecule has 1 aliphatic rings. The average Bonchev–Trinajstić information content (AvgIpc) is 2.59. The summed E-state index contributed by atoms with van der Waals surface area (Å²) < 4.78 is 1.37. The highest BCUT2D eigenvalue weighted by Gasteiger charge is 2.25. The molecule has 0 amide bonds. The predicted molar refractivity (Wildman–Crippen MR) is 104 cm³/mol. The molecule has 7 heteroatoms. The van der Waals surface area contributed by atoms with E-state index in [9.17, 15) is 14.7 Å². The number of carbonyl (C=O) groups is 1. The third-order valence-corrected chi connectivity index (χ3v) is 4.93. The van der Waals surface area contributed by atoms with Gasteiger partial charge in [-0.15, -0.1) is 12.4 Å². The van der Waals surface area contributed by atoms with Crippen LogP contribution in [0, 0.1) is 6.92 Å². The van der Waals surface area contributed by atoms with Crippen molar-refractivity contribution in [1.29, 1.82) is 0 Å². The molecule has 142 valence electrons. The van der Waals surface area contributed by atoms with Crippen molar-refractivity contribution in [1.82, 2.24) is 14.9 Å². The maximum atomic E-state index is 12.7. The largest absolute Gasteiger partial charge is 0.391 e. The minimum atomic E-state index is -0.501. The number of Topliss-reactive ketones (excluding diaryl/α,β-unsaturated/α-hetero) is 1. The first-order valence-corrected chi connectivity index (χ1v) is 8.91. The first-order valence-electron chi connectivity index (χ1n) is 8.91. The van der Waals surface area contributed by atoms with Gasteiger partial charge < -0.3 is 10.4 Å². The molecule has 0 radical (unpaired) electrons. The maximum Gasteiger partial charge on any atom is 0.261 e. The SMILES string of the molecule is CCc1cc(C)c2ncn(CC(=O)C[C@H]3NCCC[C@@H]3O)c(=O)c2c1.Cl. The molecule has 0 aliphatic carbocycles. The molecule has 1 aromatic heterocycles. The Balaban J connectivity index is 0.00000243. The fourth-order valence-electron chi connectivity index (χ4n) is 3.48. The standard InChI is InChI=1S/C19H25N3O3.ClH/c1-3-13-7-12(2)18-15(8-13)19(25)22(11-21-18)10-14(23)9-16-17(24)5-4-6-20-16;/h7-8,11,16-17,20,24H,3-6,9-10H2,1-2H3;1H/t16-,17+;/m1./s1. The number of rotatable bonds is 5. The van der Waals surface area contributed by atoms with Gasteiger partial charge in [-0.1, -0.05) is 13.0 Å². The lowest BCUT2D eigenvalue weighted by atomic mass is 9.97. The lowest BCUT2D eigenvalue weighted by Gasteiger charge is -2.28. The summed E-state index contributed by atoms with van der Waals surface area (Å²) in [6.45, 7) is 4.79. The van der Waals surface area contributed by atoms with E-state index < -0.39 is 6.10 Å². The molecular weight excluding hydrogens is 354 g/mol. The van der Waals surface area contributed by atoms with Crippen molar-refractivity contribution in [2.75, 3.05) is 6.54 Å². The van der Waals surface area contributed by atoms with Crippen LogP contribution in [0.25, 0.3) is 10.9 Å². The highest BCUT2D eigenvalue weighted by atomic mass is 35.5. The summed E-state index contributed by atoms with van der Waals surface area (Å²) in [5, 5.41) is 13.7. The Bertz CT molecular complexity index is 850. The van der Waals surface area contributed by atoms with Gasteiger partial charge in [0.05, 0.1) is 29.9 Å². The van der Waals surface area contributed by atoms with E-state index in [1.165, 1.54) is 10.9 Å². The Hall–Kier alpha value is -1.76. The number of hydrogen-bond donors (Lipinski definition) is 2. The summed E-state index contributed by atoms with van der Waals surface area (Å²) in [6.07, 6.45) is 3.64. The van der Waals surface area contributed by atoms with Crippen LogP contribution in [0.1, 0.15) is 37.3 Å². The number of piperidine rings is 1. The number of benzene rings is 1. The Morgan fingerprint density at radius 2 is 2.19 bits per heavy atom. The zero-order valence-electron chi connectivity index (χ0n) is 15.2. The van der Waals surface area contributed by atoms with Crippen LogP contribution in [0.2, 0.25) is 0 Å². The molecule has 2 heterocycles. The first-order chi connectivity index (χ1) is 12.0. The van der Waals surface area contributed by atoms with Gasteiger partial charge in [0.15, 0.2) is 5.78 Å². The van der Waals surface area contributed by atoms with Crippen molar-refractivity contribution in [2.24, 2.45) is 0 Å². The number of aliphatic hydroxyl groups is 1. The molecule has 2 aromatic rings. The molecule has 2 atom stereocenters. The number of halogens is 1. The number of carbonyl (C=O) groups excluding carboxylic acids is 1. The van der Waals surface area contributed by atoms with Crippen molar-refractivity contribution in [3.63, 3.8) is 0 Å². The van der Waals surface area contributed by atoms with Crippen LogP contribution < -0.4 is 10.9 Å². The number of hydrogen-bond acceptors (Lipinski definition) is 5. The molecule has 3 rings (SSSR count). The number of aromatic nitrogens is 2. The zero-order valence-corrected chi connectivity index (χ0v) is 16.0. The Morgan fingerprint density at radius 3 is 2.88 bits per heavy atom. The van der Waals surface area contributed by atoms with E-state index in [1.807, 2.05) is 26.0 Å². The van der Waals surface area contributed by atoms with Gasteiger partial charge in [-0.3, -0.25) is 14.2 Å². The number of nitrogens with one attached hydrogen (secondary N) is 1. The van der Waals surface area contributed by atoms with Gasteiger partial charge in [0.25, 0.3) is 5.56 Å². The normalized spacial score (nSPS) is 20.0. The fourth-order valence-corrected chi connectivity index (χ4v) is 3.48. The maximum absolute atomic E-state index is 12.7. The summed E-state index contributed by atoms with van der Waals surface area (Å²) in [7, 11) is 0. The molecule has 1 saturated heterocycles. The van der Waals surface area contributed by atoms with Gasteiger partial charge in [0, 0.05) is 12.5 Å². The monoisotopic (exact) mass is 379 g/mol. The van der Waals surface area contributed by atoms with E-state index >= 15 is 0 Å². The summed E-state index contributed by atoms with van der Waals surface area (Å²) in [5.74, 6) is -0.0786. The second-order valence-corrected chi connectivity index (χ2v) is 6.85. The molecule has 0 unspecified atom stereocenters. The van der Waals surface area contributed by atoms with E-state index in [4.69, 9.17) is 0 Å². The quantitative estimate of drug-likeness (QED) is 0.827. The molecule has 1 aliphatic heterocycles. The summed E-state index contributed by atoms with van der Waals surface area (Å²) >= 11 is 0. The van der Waals surface area contributed by atoms with Crippen molar-refractivity contribution in [3.8, 4) is 0 Å². The van der Waals surface area contributed by atoms with Gasteiger partial charge in [-0.25, -0.2) is 4.98 Å². The summed E-state index contributed by atoms with van der Waals surface area (Å²) in [5.41, 5.74) is 2.56. The van der Waals surface area contributed by atoms with Crippen LogP contribution >= 0.6 is 12.4 Å². The number of ketones is 1. The van der Waals surface area contributed by atoms with E-state index in [0.29, 0.717) is 17.3 Å². The first kappa shape index (κ1) is 20.6. The lowest BCUT2D eigenvalue weighted by molar-refractivity contribution is -0.121. The van der Waals surface area contributed by atoms with E-state index in [0.717, 1.165) is 30.5 Å². The van der Waals surface area contributed by atoms with E-state index in [1.54, 1.807) is 0 Å². The summed E-state index contributed by atoms with van der Waals surface area (Å²) in [4.78, 5) is 29.5. The molecule has 2 N–H and O–H groups in total. The molecule has 26 heavy (non-hydrogen) atoms. The van der Waals surface area contributed by atoms with Gasteiger partial charge in [-0.2, -0.15) is 0 Å². The molecular formula is C19H26ClN3O3. The predicted octanol–water partition coefficient (Wildman–Crippen LogP) is 1.76. The zero-order chi connectivity index (χ0) is 18.0. The highest BCUT2D eigenvalue weighted by Crippen LogP contribution is 2.16. The number of nitrogens with zero attached hydrogens (tertiary/aromatic N) is 2. The van der Waals surface area contributed by atoms with Crippen molar-refractivity contribution in [2.45, 2.75) is 58.2 Å². The Morgan fingerprint density at radius 1 is 1.42 bits per heavy atom. The minimum Gasteiger partial charge on any atom is -0.391 e. The van der Waals surface area contributed by atoms with Crippen molar-refractivity contribution >= 4 is 29.1 Å². The number of fused-ring (bicyclic) bond motifs is 1. The molecule has 0 spiro atoms. The highest BCUT2D eigenvalue weighted by molar-refractivity contribution is 5.85. The molecule has 0 bridgehead atoms. The van der Waals surface area contributed by atoms with Gasteiger partial charge in [0.2, 0.25) is 0 Å². The van der Waals surface area contributed by atoms with Crippen LogP contribution in [0.15, 0.2) is 23.3 Å². The van der Waals surface area contributed by atoms with Crippen LogP contribution in [-0.2, 0) is 17.8 Å². The van der Waals surface area contributed by atoms with Gasteiger partial charge in [0.1, 0.15) is 0 Å². The van der Waals surface area contributed by atoms with E-state index in [-0.39, 0.29) is 42.8 Å². The van der Waals surface area contributed by atoms with Gasteiger partial charge >= 0.3 is 0 Å². The Kier molecular flexibility index (Phi) is 6.92. The second-order valence-electron chi connectivity index (χ2n) is 6.85. The molecule has 6 nitrogen and oxygen atoms in total. The number of aliphatic hydroxyl groups excluding tert-OH is 1. The Labute approximate surface area is 159 Å². The third kappa shape index (κ3) is 4.31. The third-order valence-electron chi connectivity index (χ3n) is 4.93.